The number of aromatic nitrogens is 7. The second kappa shape index (κ2) is 9.51. The zero-order valence-corrected chi connectivity index (χ0v) is 21.8. The summed E-state index contributed by atoms with van der Waals surface area (Å²) in [4.78, 5) is 23.5. The summed E-state index contributed by atoms with van der Waals surface area (Å²) in [6.07, 6.45) is 7.08. The number of nitrogens with zero attached hydrogens (tertiary/aromatic N) is 8. The van der Waals surface area contributed by atoms with Gasteiger partial charge in [0.25, 0.3) is 0 Å². The van der Waals surface area contributed by atoms with Crippen molar-refractivity contribution < 1.29 is 9.53 Å². The second-order valence-electron chi connectivity index (χ2n) is 10.7. The molecule has 1 aromatic carbocycles. The van der Waals surface area contributed by atoms with Gasteiger partial charge in [-0.1, -0.05) is 17.3 Å². The zero-order chi connectivity index (χ0) is 26.3. The second-order valence-corrected chi connectivity index (χ2v) is 10.7. The van der Waals surface area contributed by atoms with E-state index in [0.29, 0.717) is 19.6 Å². The van der Waals surface area contributed by atoms with E-state index in [0.717, 1.165) is 51.7 Å². The molecule has 5 heterocycles. The van der Waals surface area contributed by atoms with Crippen molar-refractivity contribution in [3.05, 3.63) is 66.6 Å². The molecule has 4 aromatic heterocycles. The van der Waals surface area contributed by atoms with Gasteiger partial charge in [-0.05, 0) is 69.5 Å². The molecule has 0 unspecified atom stereocenters. The molecule has 0 spiro atoms. The third-order valence-electron chi connectivity index (χ3n) is 6.75. The monoisotopic (exact) mass is 510 g/mol. The molecule has 5 aromatic rings. The summed E-state index contributed by atoms with van der Waals surface area (Å²) in [7, 11) is 0. The Labute approximate surface area is 220 Å². The quantitative estimate of drug-likeness (QED) is 0.340. The number of likely N-dealkylation sites (tertiary alicyclic amines) is 1. The lowest BCUT2D eigenvalue weighted by Crippen LogP contribution is -2.42. The molecule has 10 heteroatoms. The van der Waals surface area contributed by atoms with Gasteiger partial charge in [-0.2, -0.15) is 5.10 Å². The van der Waals surface area contributed by atoms with Gasteiger partial charge in [-0.15, -0.1) is 5.10 Å². The van der Waals surface area contributed by atoms with Crippen LogP contribution in [0, 0.1) is 0 Å². The van der Waals surface area contributed by atoms with Crippen molar-refractivity contribution >= 4 is 28.2 Å². The van der Waals surface area contributed by atoms with Gasteiger partial charge in [-0.3, -0.25) is 9.67 Å². The molecule has 0 N–H and O–H groups in total. The summed E-state index contributed by atoms with van der Waals surface area (Å²) in [5.41, 5.74) is 4.82. The van der Waals surface area contributed by atoms with E-state index in [2.05, 4.69) is 38.6 Å². The van der Waals surface area contributed by atoms with Gasteiger partial charge in [0.2, 0.25) is 0 Å². The Balaban J connectivity index is 1.17. The SMILES string of the molecule is CC(C)(C)OC(=O)N1CCC(n2cc(-c3ccc4nnn(Cc5ccc6ncccc6c5)c4n3)cn2)CC1. The normalized spacial score (nSPS) is 14.9. The highest BCUT2D eigenvalue weighted by Gasteiger charge is 2.28. The van der Waals surface area contributed by atoms with Crippen molar-refractivity contribution in [3.8, 4) is 11.3 Å². The minimum atomic E-state index is -0.489. The largest absolute Gasteiger partial charge is 0.444 e. The highest BCUT2D eigenvalue weighted by Crippen LogP contribution is 2.27. The number of fused-ring (bicyclic) bond motifs is 2. The van der Waals surface area contributed by atoms with E-state index < -0.39 is 5.60 Å². The van der Waals surface area contributed by atoms with Crippen LogP contribution in [-0.4, -0.2) is 64.4 Å². The Bertz CT molecular complexity index is 1610. The Kier molecular flexibility index (Phi) is 6.01. The molecule has 38 heavy (non-hydrogen) atoms. The fraction of sp³-hybridized carbons (Fsp3) is 0.357. The van der Waals surface area contributed by atoms with Crippen LogP contribution in [0.25, 0.3) is 33.3 Å². The third-order valence-corrected chi connectivity index (χ3v) is 6.75. The predicted octanol–water partition coefficient (Wildman–Crippen LogP) is 4.86. The minimum absolute atomic E-state index is 0.223. The molecule has 0 atom stereocenters. The van der Waals surface area contributed by atoms with E-state index in [-0.39, 0.29) is 12.1 Å². The summed E-state index contributed by atoms with van der Waals surface area (Å²) >= 11 is 0. The number of hydrogen-bond donors (Lipinski definition) is 0. The molecule has 1 aliphatic heterocycles. The first-order valence-electron chi connectivity index (χ1n) is 12.9. The Morgan fingerprint density at radius 3 is 2.71 bits per heavy atom. The maximum absolute atomic E-state index is 12.4. The van der Waals surface area contributed by atoms with Crippen LogP contribution in [-0.2, 0) is 11.3 Å². The number of hydrogen-bond acceptors (Lipinski definition) is 7. The van der Waals surface area contributed by atoms with Crippen LogP contribution in [0.1, 0.15) is 45.2 Å². The summed E-state index contributed by atoms with van der Waals surface area (Å²) in [5, 5.41) is 14.4. The standard InChI is InChI=1S/C28H30N8O2/c1-28(2,3)38-27(37)34-13-10-22(11-14-34)35-18-21(16-30-35)24-8-9-25-26(31-24)36(33-32-25)17-19-6-7-23-20(15-19)5-4-12-29-23/h4-9,12,15-16,18,22H,10-11,13-14,17H2,1-3H3. The molecule has 194 valence electrons. The summed E-state index contributed by atoms with van der Waals surface area (Å²) in [6, 6.07) is 14.3. The first kappa shape index (κ1) is 24.0. The maximum Gasteiger partial charge on any atom is 0.410 e. The first-order chi connectivity index (χ1) is 18.3. The lowest BCUT2D eigenvalue weighted by Gasteiger charge is -2.33. The van der Waals surface area contributed by atoms with Crippen LogP contribution in [0.2, 0.25) is 0 Å². The van der Waals surface area contributed by atoms with Gasteiger partial charge in [0.05, 0.1) is 30.0 Å². The van der Waals surface area contributed by atoms with Crippen molar-refractivity contribution in [2.45, 2.75) is 51.8 Å². The van der Waals surface area contributed by atoms with Crippen LogP contribution in [0.5, 0.6) is 0 Å². The molecule has 0 aliphatic carbocycles. The smallest absolute Gasteiger partial charge is 0.410 e. The van der Waals surface area contributed by atoms with Gasteiger partial charge >= 0.3 is 6.09 Å². The molecular formula is C28H30N8O2. The number of carbonyl (C=O) groups excluding carboxylic acids is 1. The molecule has 6 rings (SSSR count). The van der Waals surface area contributed by atoms with Crippen molar-refractivity contribution in [2.75, 3.05) is 13.1 Å². The number of rotatable bonds is 4. The molecular weight excluding hydrogens is 480 g/mol. The van der Waals surface area contributed by atoms with E-state index in [4.69, 9.17) is 9.72 Å². The Morgan fingerprint density at radius 1 is 1.08 bits per heavy atom. The zero-order valence-electron chi connectivity index (χ0n) is 21.8. The van der Waals surface area contributed by atoms with Crippen molar-refractivity contribution in [1.29, 1.82) is 0 Å². The molecule has 1 fully saturated rings. The molecule has 1 amide bonds. The lowest BCUT2D eigenvalue weighted by molar-refractivity contribution is 0.0185. The number of benzene rings is 1. The highest BCUT2D eigenvalue weighted by atomic mass is 16.6. The third kappa shape index (κ3) is 4.93. The predicted molar refractivity (Wildman–Crippen MR) is 143 cm³/mol. The van der Waals surface area contributed by atoms with E-state index >= 15 is 0 Å². The van der Waals surface area contributed by atoms with E-state index in [9.17, 15) is 4.79 Å². The number of amides is 1. The fourth-order valence-electron chi connectivity index (χ4n) is 4.83. The fourth-order valence-corrected chi connectivity index (χ4v) is 4.83. The van der Waals surface area contributed by atoms with Gasteiger partial charge in [0, 0.05) is 36.4 Å². The lowest BCUT2D eigenvalue weighted by atomic mass is 10.1. The minimum Gasteiger partial charge on any atom is -0.444 e. The Hall–Kier alpha value is -4.34. The van der Waals surface area contributed by atoms with E-state index in [1.54, 1.807) is 11.1 Å². The van der Waals surface area contributed by atoms with E-state index in [1.807, 2.05) is 66.8 Å². The summed E-state index contributed by atoms with van der Waals surface area (Å²) in [5.74, 6) is 0. The van der Waals surface area contributed by atoms with Crippen molar-refractivity contribution in [1.82, 2.24) is 39.6 Å². The van der Waals surface area contributed by atoms with Gasteiger partial charge < -0.3 is 9.64 Å². The number of pyridine rings is 2. The maximum atomic E-state index is 12.4. The van der Waals surface area contributed by atoms with Crippen molar-refractivity contribution in [3.63, 3.8) is 0 Å². The van der Waals surface area contributed by atoms with Crippen LogP contribution in [0.15, 0.2) is 61.1 Å². The molecule has 0 saturated carbocycles. The highest BCUT2D eigenvalue weighted by molar-refractivity contribution is 5.79. The molecule has 1 aliphatic rings. The van der Waals surface area contributed by atoms with Crippen LogP contribution < -0.4 is 0 Å². The Morgan fingerprint density at radius 2 is 1.89 bits per heavy atom. The topological polar surface area (TPSA) is 104 Å². The van der Waals surface area contributed by atoms with Crippen LogP contribution in [0.4, 0.5) is 4.79 Å². The molecule has 0 radical (unpaired) electrons. The van der Waals surface area contributed by atoms with Crippen LogP contribution >= 0.6 is 0 Å². The average Bonchev–Trinajstić information content (AvgIpc) is 3.55. The molecule has 0 bridgehead atoms. The van der Waals surface area contributed by atoms with E-state index in [1.165, 1.54) is 0 Å². The molecule has 1 saturated heterocycles. The number of carbonyl (C=O) groups is 1. The summed E-state index contributed by atoms with van der Waals surface area (Å²) < 4.78 is 9.33. The number of piperidine rings is 1. The van der Waals surface area contributed by atoms with Crippen molar-refractivity contribution in [2.24, 2.45) is 0 Å². The number of ether oxygens (including phenoxy) is 1. The van der Waals surface area contributed by atoms with Gasteiger partial charge in [-0.25, -0.2) is 14.5 Å². The van der Waals surface area contributed by atoms with Gasteiger partial charge in [0.15, 0.2) is 5.65 Å². The average molecular weight is 511 g/mol. The van der Waals surface area contributed by atoms with Gasteiger partial charge in [0.1, 0.15) is 11.1 Å². The van der Waals surface area contributed by atoms with Crippen LogP contribution in [0.3, 0.4) is 0 Å². The summed E-state index contributed by atoms with van der Waals surface area (Å²) in [6.45, 7) is 7.52. The first-order valence-corrected chi connectivity index (χ1v) is 12.9. The molecule has 10 nitrogen and oxygen atoms in total.